The lowest BCUT2D eigenvalue weighted by Gasteiger charge is -2.23. The van der Waals surface area contributed by atoms with Crippen LogP contribution in [0.2, 0.25) is 0 Å². The summed E-state index contributed by atoms with van der Waals surface area (Å²) in [5.74, 6) is 0.537. The summed E-state index contributed by atoms with van der Waals surface area (Å²) >= 11 is 0. The summed E-state index contributed by atoms with van der Waals surface area (Å²) in [6.07, 6.45) is 10.7. The highest BCUT2D eigenvalue weighted by Gasteiger charge is 2.15. The normalized spacial score (nSPS) is 16.9. The maximum atomic E-state index is 11.6. The second-order valence-corrected chi connectivity index (χ2v) is 5.07. The largest absolute Gasteiger partial charge is 0.462 e. The SMILES string of the molecule is C=C(P)/C=C(\C=C/CC1CCC1)C(=O)OCC. The molecule has 0 aromatic rings. The van der Waals surface area contributed by atoms with E-state index in [1.165, 1.54) is 19.3 Å². The van der Waals surface area contributed by atoms with E-state index in [9.17, 15) is 4.79 Å². The van der Waals surface area contributed by atoms with Crippen molar-refractivity contribution in [2.75, 3.05) is 6.61 Å². The number of hydrogen-bond donors (Lipinski definition) is 0. The van der Waals surface area contributed by atoms with Gasteiger partial charge in [0.25, 0.3) is 0 Å². The van der Waals surface area contributed by atoms with Crippen LogP contribution in [0.25, 0.3) is 0 Å². The average Bonchev–Trinajstić information content (AvgIpc) is 2.19. The first-order valence-electron chi connectivity index (χ1n) is 6.13. The molecule has 0 aromatic carbocycles. The molecule has 0 aromatic heterocycles. The molecule has 1 rings (SSSR count). The third-order valence-electron chi connectivity index (χ3n) is 2.84. The van der Waals surface area contributed by atoms with E-state index >= 15 is 0 Å². The molecule has 3 heteroatoms. The molecule has 1 atom stereocenters. The van der Waals surface area contributed by atoms with Gasteiger partial charge in [-0.1, -0.05) is 38.0 Å². The molecule has 17 heavy (non-hydrogen) atoms. The number of carbonyl (C=O) groups excluding carboxylic acids is 1. The van der Waals surface area contributed by atoms with Crippen LogP contribution in [-0.2, 0) is 9.53 Å². The van der Waals surface area contributed by atoms with Gasteiger partial charge in [0.05, 0.1) is 12.2 Å². The minimum atomic E-state index is -0.277. The Bertz CT molecular complexity index is 338. The maximum Gasteiger partial charge on any atom is 0.338 e. The van der Waals surface area contributed by atoms with Crippen molar-refractivity contribution >= 4 is 15.2 Å². The van der Waals surface area contributed by atoms with Crippen molar-refractivity contribution < 1.29 is 9.53 Å². The lowest BCUT2D eigenvalue weighted by atomic mass is 9.83. The zero-order valence-corrected chi connectivity index (χ0v) is 11.6. The van der Waals surface area contributed by atoms with Gasteiger partial charge in [0, 0.05) is 0 Å². The standard InChI is InChI=1S/C14H21O2P/c1-3-16-14(15)13(10-11(2)17)9-5-8-12-6-4-7-12/h5,9-10,12H,2-4,6-8,17H2,1H3/b9-5-,13-10+. The number of allylic oxidation sites excluding steroid dienone is 3. The molecule has 1 aliphatic carbocycles. The van der Waals surface area contributed by atoms with E-state index in [4.69, 9.17) is 4.74 Å². The molecular formula is C14H21O2P. The van der Waals surface area contributed by atoms with E-state index in [1.807, 2.05) is 13.0 Å². The summed E-state index contributed by atoms with van der Waals surface area (Å²) in [4.78, 5) is 11.6. The molecule has 0 heterocycles. The monoisotopic (exact) mass is 252 g/mol. The van der Waals surface area contributed by atoms with Gasteiger partial charge < -0.3 is 4.74 Å². The van der Waals surface area contributed by atoms with Crippen molar-refractivity contribution in [1.29, 1.82) is 0 Å². The van der Waals surface area contributed by atoms with E-state index in [-0.39, 0.29) is 5.97 Å². The van der Waals surface area contributed by atoms with Gasteiger partial charge in [-0.3, -0.25) is 0 Å². The fourth-order valence-corrected chi connectivity index (χ4v) is 1.88. The van der Waals surface area contributed by atoms with Crippen LogP contribution in [0.15, 0.2) is 35.7 Å². The maximum absolute atomic E-state index is 11.6. The number of rotatable bonds is 6. The van der Waals surface area contributed by atoms with Gasteiger partial charge in [-0.05, 0) is 30.7 Å². The fourth-order valence-electron chi connectivity index (χ4n) is 1.71. The van der Waals surface area contributed by atoms with Crippen LogP contribution in [0, 0.1) is 5.92 Å². The molecule has 1 fully saturated rings. The first kappa shape index (κ1) is 14.2. The van der Waals surface area contributed by atoms with E-state index < -0.39 is 0 Å². The van der Waals surface area contributed by atoms with Gasteiger partial charge in [-0.15, -0.1) is 9.24 Å². The lowest BCUT2D eigenvalue weighted by molar-refractivity contribution is -0.138. The summed E-state index contributed by atoms with van der Waals surface area (Å²) < 4.78 is 4.99. The van der Waals surface area contributed by atoms with Crippen molar-refractivity contribution in [3.05, 3.63) is 35.7 Å². The minimum Gasteiger partial charge on any atom is -0.462 e. The Balaban J connectivity index is 2.55. The lowest BCUT2D eigenvalue weighted by Crippen LogP contribution is -2.09. The van der Waals surface area contributed by atoms with Crippen LogP contribution in [0.4, 0.5) is 0 Å². The zero-order valence-electron chi connectivity index (χ0n) is 10.4. The van der Waals surface area contributed by atoms with Crippen molar-refractivity contribution in [2.24, 2.45) is 5.92 Å². The van der Waals surface area contributed by atoms with Crippen molar-refractivity contribution in [3.8, 4) is 0 Å². The third kappa shape index (κ3) is 5.32. The van der Waals surface area contributed by atoms with Gasteiger partial charge >= 0.3 is 5.97 Å². The third-order valence-corrected chi connectivity index (χ3v) is 3.01. The Morgan fingerprint density at radius 2 is 2.24 bits per heavy atom. The van der Waals surface area contributed by atoms with E-state index in [2.05, 4.69) is 21.9 Å². The van der Waals surface area contributed by atoms with Gasteiger partial charge in [-0.25, -0.2) is 4.79 Å². The molecule has 0 aliphatic heterocycles. The summed E-state index contributed by atoms with van der Waals surface area (Å²) in [5, 5.41) is 0.779. The molecule has 0 radical (unpaired) electrons. The Labute approximate surface area is 106 Å². The average molecular weight is 252 g/mol. The number of hydrogen-bond acceptors (Lipinski definition) is 2. The summed E-state index contributed by atoms with van der Waals surface area (Å²) in [5.41, 5.74) is 0.575. The molecule has 0 amide bonds. The first-order chi connectivity index (χ1) is 8.13. The number of ether oxygens (including phenoxy) is 1. The van der Waals surface area contributed by atoms with E-state index in [1.54, 1.807) is 6.08 Å². The fraction of sp³-hybridized carbons (Fsp3) is 0.500. The Morgan fingerprint density at radius 3 is 2.71 bits per heavy atom. The summed E-state index contributed by atoms with van der Waals surface area (Å²) in [6, 6.07) is 0. The van der Waals surface area contributed by atoms with Crippen LogP contribution in [0.1, 0.15) is 32.6 Å². The quantitative estimate of drug-likeness (QED) is 0.312. The van der Waals surface area contributed by atoms with Gasteiger partial charge in [0.1, 0.15) is 0 Å². The molecule has 1 aliphatic rings. The van der Waals surface area contributed by atoms with Crippen LogP contribution in [0.3, 0.4) is 0 Å². The molecule has 0 saturated heterocycles. The molecule has 0 bridgehead atoms. The summed E-state index contributed by atoms with van der Waals surface area (Å²) in [7, 11) is 2.48. The zero-order chi connectivity index (χ0) is 12.7. The molecule has 1 saturated carbocycles. The van der Waals surface area contributed by atoms with Gasteiger partial charge in [0.2, 0.25) is 0 Å². The van der Waals surface area contributed by atoms with E-state index in [0.29, 0.717) is 12.2 Å². The molecule has 0 N–H and O–H groups in total. The highest BCUT2D eigenvalue weighted by molar-refractivity contribution is 7.22. The smallest absolute Gasteiger partial charge is 0.338 e. The predicted octanol–water partition coefficient (Wildman–Crippen LogP) is 3.61. The van der Waals surface area contributed by atoms with Crippen molar-refractivity contribution in [1.82, 2.24) is 0 Å². The highest BCUT2D eigenvalue weighted by atomic mass is 31.0. The van der Waals surface area contributed by atoms with Crippen LogP contribution in [0.5, 0.6) is 0 Å². The van der Waals surface area contributed by atoms with Crippen LogP contribution < -0.4 is 0 Å². The second kappa shape index (κ2) is 7.45. The van der Waals surface area contributed by atoms with Gasteiger partial charge in [-0.2, -0.15) is 0 Å². The molecule has 0 spiro atoms. The molecule has 1 unspecified atom stereocenters. The Hall–Kier alpha value is -0.880. The van der Waals surface area contributed by atoms with Gasteiger partial charge in [0.15, 0.2) is 0 Å². The van der Waals surface area contributed by atoms with E-state index in [0.717, 1.165) is 17.7 Å². The highest BCUT2D eigenvalue weighted by Crippen LogP contribution is 2.29. The minimum absolute atomic E-state index is 0.277. The van der Waals surface area contributed by atoms with Crippen LogP contribution in [-0.4, -0.2) is 12.6 Å². The van der Waals surface area contributed by atoms with Crippen molar-refractivity contribution in [2.45, 2.75) is 32.6 Å². The van der Waals surface area contributed by atoms with Crippen LogP contribution >= 0.6 is 9.24 Å². The topological polar surface area (TPSA) is 26.3 Å². The number of carbonyl (C=O) groups is 1. The molecule has 94 valence electrons. The molecular weight excluding hydrogens is 231 g/mol. The second-order valence-electron chi connectivity index (χ2n) is 4.33. The van der Waals surface area contributed by atoms with Crippen molar-refractivity contribution in [3.63, 3.8) is 0 Å². The Morgan fingerprint density at radius 1 is 1.53 bits per heavy atom. The predicted molar refractivity (Wildman–Crippen MR) is 74.7 cm³/mol. The first-order valence-corrected chi connectivity index (χ1v) is 6.71. The summed E-state index contributed by atoms with van der Waals surface area (Å²) in [6.45, 7) is 5.96. The Kier molecular flexibility index (Phi) is 6.21. The molecule has 2 nitrogen and oxygen atoms in total. The number of esters is 1.